The van der Waals surface area contributed by atoms with Crippen LogP contribution >= 0.6 is 0 Å². The second-order valence-corrected chi connectivity index (χ2v) is 7.76. The predicted octanol–water partition coefficient (Wildman–Crippen LogP) is 2.91. The molecule has 2 aliphatic rings. The highest BCUT2D eigenvalue weighted by Crippen LogP contribution is 2.28. The molecular weight excluding hydrogens is 340 g/mol. The summed E-state index contributed by atoms with van der Waals surface area (Å²) in [7, 11) is 0. The van der Waals surface area contributed by atoms with E-state index in [-0.39, 0.29) is 23.8 Å². The molecule has 6 nitrogen and oxygen atoms in total. The van der Waals surface area contributed by atoms with Gasteiger partial charge in [-0.2, -0.15) is 5.10 Å². The Labute approximate surface area is 159 Å². The van der Waals surface area contributed by atoms with E-state index in [1.165, 1.54) is 5.56 Å². The first-order chi connectivity index (χ1) is 13.1. The number of carbonyl (C=O) groups is 2. The smallest absolute Gasteiger partial charge is 0.269 e. The van der Waals surface area contributed by atoms with Crippen LogP contribution in [0.5, 0.6) is 0 Å². The third-order valence-corrected chi connectivity index (χ3v) is 5.71. The lowest BCUT2D eigenvalue weighted by Crippen LogP contribution is -2.40. The first-order valence-electron chi connectivity index (χ1n) is 9.82. The zero-order valence-corrected chi connectivity index (χ0v) is 15.7. The molecule has 1 aliphatic heterocycles. The van der Waals surface area contributed by atoms with E-state index in [9.17, 15) is 9.59 Å². The highest BCUT2D eigenvalue weighted by molar-refractivity contribution is 5.93. The molecule has 2 amide bonds. The second kappa shape index (κ2) is 7.55. The first kappa shape index (κ1) is 17.8. The molecule has 2 N–H and O–H groups in total. The van der Waals surface area contributed by atoms with Crippen LogP contribution in [0.4, 0.5) is 0 Å². The van der Waals surface area contributed by atoms with Gasteiger partial charge in [-0.25, -0.2) is 0 Å². The van der Waals surface area contributed by atoms with Crippen LogP contribution in [0.15, 0.2) is 30.3 Å². The molecule has 4 rings (SSSR count). The highest BCUT2D eigenvalue weighted by atomic mass is 16.2. The third kappa shape index (κ3) is 3.89. The van der Waals surface area contributed by atoms with Crippen molar-refractivity contribution in [3.63, 3.8) is 0 Å². The van der Waals surface area contributed by atoms with E-state index in [1.807, 2.05) is 36.1 Å². The van der Waals surface area contributed by atoms with Gasteiger partial charge in [-0.15, -0.1) is 0 Å². The number of benzene rings is 1. The van der Waals surface area contributed by atoms with Crippen molar-refractivity contribution in [3.05, 3.63) is 41.6 Å². The molecule has 1 aromatic carbocycles. The van der Waals surface area contributed by atoms with Gasteiger partial charge in [0.2, 0.25) is 5.91 Å². The molecule has 1 saturated carbocycles. The normalized spacial score (nSPS) is 20.2. The molecule has 0 spiro atoms. The Kier molecular flexibility index (Phi) is 4.97. The number of nitrogens with zero attached hydrogens (tertiary/aromatic N) is 2. The van der Waals surface area contributed by atoms with E-state index in [2.05, 4.69) is 15.5 Å². The maximum Gasteiger partial charge on any atom is 0.269 e. The molecule has 2 fully saturated rings. The van der Waals surface area contributed by atoms with Crippen molar-refractivity contribution in [1.29, 1.82) is 0 Å². The molecular formula is C21H26N4O2. The van der Waals surface area contributed by atoms with Crippen molar-refractivity contribution in [1.82, 2.24) is 20.4 Å². The van der Waals surface area contributed by atoms with Crippen LogP contribution in [-0.2, 0) is 4.79 Å². The van der Waals surface area contributed by atoms with Crippen LogP contribution in [0.2, 0.25) is 0 Å². The SMILES string of the molecule is Cc1ccc(-c2cc(C(=O)NC3CCN(C(=O)C4CCCC4)C3)[nH]n2)cc1. The summed E-state index contributed by atoms with van der Waals surface area (Å²) >= 11 is 0. The molecule has 6 heteroatoms. The van der Waals surface area contributed by atoms with Gasteiger partial charge in [0.1, 0.15) is 5.69 Å². The zero-order valence-electron chi connectivity index (χ0n) is 15.7. The average Bonchev–Trinajstić information content (AvgIpc) is 3.43. The van der Waals surface area contributed by atoms with Crippen molar-refractivity contribution in [3.8, 4) is 11.3 Å². The number of H-pyrrole nitrogens is 1. The van der Waals surface area contributed by atoms with Crippen LogP contribution in [-0.4, -0.2) is 46.0 Å². The van der Waals surface area contributed by atoms with E-state index in [4.69, 9.17) is 0 Å². The summed E-state index contributed by atoms with van der Waals surface area (Å²) in [6.45, 7) is 3.38. The quantitative estimate of drug-likeness (QED) is 0.873. The Morgan fingerprint density at radius 2 is 1.89 bits per heavy atom. The molecule has 2 heterocycles. The van der Waals surface area contributed by atoms with Gasteiger partial charge in [0.15, 0.2) is 0 Å². The fraction of sp³-hybridized carbons (Fsp3) is 0.476. The minimum atomic E-state index is -0.166. The van der Waals surface area contributed by atoms with Crippen LogP contribution in [0.3, 0.4) is 0 Å². The summed E-state index contributed by atoms with van der Waals surface area (Å²) < 4.78 is 0. The van der Waals surface area contributed by atoms with E-state index in [0.29, 0.717) is 12.2 Å². The lowest BCUT2D eigenvalue weighted by molar-refractivity contribution is -0.134. The van der Waals surface area contributed by atoms with E-state index < -0.39 is 0 Å². The lowest BCUT2D eigenvalue weighted by atomic mass is 10.1. The van der Waals surface area contributed by atoms with Crippen molar-refractivity contribution < 1.29 is 9.59 Å². The Morgan fingerprint density at radius 3 is 2.63 bits per heavy atom. The van der Waals surface area contributed by atoms with E-state index in [0.717, 1.165) is 49.9 Å². The van der Waals surface area contributed by atoms with Crippen LogP contribution in [0.25, 0.3) is 11.3 Å². The minimum Gasteiger partial charge on any atom is -0.346 e. The number of aromatic amines is 1. The Morgan fingerprint density at radius 1 is 1.15 bits per heavy atom. The number of aryl methyl sites for hydroxylation is 1. The summed E-state index contributed by atoms with van der Waals surface area (Å²) in [5.41, 5.74) is 3.37. The lowest BCUT2D eigenvalue weighted by Gasteiger charge is -2.20. The van der Waals surface area contributed by atoms with Crippen LogP contribution in [0.1, 0.15) is 48.2 Å². The molecule has 1 saturated heterocycles. The monoisotopic (exact) mass is 366 g/mol. The van der Waals surface area contributed by atoms with Gasteiger partial charge >= 0.3 is 0 Å². The van der Waals surface area contributed by atoms with Crippen LogP contribution < -0.4 is 5.32 Å². The molecule has 142 valence electrons. The molecule has 1 unspecified atom stereocenters. The van der Waals surface area contributed by atoms with Gasteiger partial charge in [-0.05, 0) is 32.3 Å². The highest BCUT2D eigenvalue weighted by Gasteiger charge is 2.33. The number of nitrogens with one attached hydrogen (secondary N) is 2. The Balaban J connectivity index is 1.34. The fourth-order valence-corrected chi connectivity index (χ4v) is 4.08. The topological polar surface area (TPSA) is 78.1 Å². The van der Waals surface area contributed by atoms with Gasteiger partial charge < -0.3 is 10.2 Å². The predicted molar refractivity (Wildman–Crippen MR) is 103 cm³/mol. The van der Waals surface area contributed by atoms with Crippen molar-refractivity contribution in [2.75, 3.05) is 13.1 Å². The summed E-state index contributed by atoms with van der Waals surface area (Å²) in [5, 5.41) is 10.1. The number of hydrogen-bond donors (Lipinski definition) is 2. The maximum absolute atomic E-state index is 12.5. The number of rotatable bonds is 4. The molecule has 1 aromatic heterocycles. The number of aromatic nitrogens is 2. The number of likely N-dealkylation sites (tertiary alicyclic amines) is 1. The van der Waals surface area contributed by atoms with Gasteiger partial charge in [-0.1, -0.05) is 42.7 Å². The Hall–Kier alpha value is -2.63. The van der Waals surface area contributed by atoms with Gasteiger partial charge in [0.25, 0.3) is 5.91 Å². The van der Waals surface area contributed by atoms with Gasteiger partial charge in [0, 0.05) is 30.6 Å². The standard InChI is InChI=1S/C21H26N4O2/c1-14-6-8-15(9-7-14)18-12-19(24-23-18)20(26)22-17-10-11-25(13-17)21(27)16-4-2-3-5-16/h6-9,12,16-17H,2-5,10-11,13H2,1H3,(H,22,26)(H,23,24). The Bertz CT molecular complexity index is 821. The number of hydrogen-bond acceptors (Lipinski definition) is 3. The number of amides is 2. The molecule has 27 heavy (non-hydrogen) atoms. The van der Waals surface area contributed by atoms with Gasteiger partial charge in [-0.3, -0.25) is 14.7 Å². The van der Waals surface area contributed by atoms with E-state index >= 15 is 0 Å². The molecule has 2 aromatic rings. The average molecular weight is 366 g/mol. The maximum atomic E-state index is 12.5. The summed E-state index contributed by atoms with van der Waals surface area (Å²) in [6.07, 6.45) is 5.16. The molecule has 0 bridgehead atoms. The summed E-state index contributed by atoms with van der Waals surface area (Å²) in [4.78, 5) is 27.0. The molecule has 0 radical (unpaired) electrons. The molecule has 1 atom stereocenters. The largest absolute Gasteiger partial charge is 0.346 e. The zero-order chi connectivity index (χ0) is 18.8. The second-order valence-electron chi connectivity index (χ2n) is 7.76. The van der Waals surface area contributed by atoms with Crippen LogP contribution in [0, 0.1) is 12.8 Å². The van der Waals surface area contributed by atoms with E-state index in [1.54, 1.807) is 6.07 Å². The fourth-order valence-electron chi connectivity index (χ4n) is 4.08. The van der Waals surface area contributed by atoms with Crippen molar-refractivity contribution >= 4 is 11.8 Å². The molecule has 1 aliphatic carbocycles. The third-order valence-electron chi connectivity index (χ3n) is 5.71. The first-order valence-corrected chi connectivity index (χ1v) is 9.82. The minimum absolute atomic E-state index is 0.00831. The van der Waals surface area contributed by atoms with Gasteiger partial charge in [0.05, 0.1) is 5.69 Å². The van der Waals surface area contributed by atoms with Crippen molar-refractivity contribution in [2.45, 2.75) is 45.1 Å². The number of carbonyl (C=O) groups excluding carboxylic acids is 2. The summed E-state index contributed by atoms with van der Waals surface area (Å²) in [5.74, 6) is 0.303. The summed E-state index contributed by atoms with van der Waals surface area (Å²) in [6, 6.07) is 9.83. The van der Waals surface area contributed by atoms with Crippen molar-refractivity contribution in [2.24, 2.45) is 5.92 Å².